The second-order valence-corrected chi connectivity index (χ2v) is 5.40. The number of hydrogen-bond acceptors (Lipinski definition) is 4. The van der Waals surface area contributed by atoms with E-state index in [1.54, 1.807) is 37.3 Å². The van der Waals surface area contributed by atoms with Crippen molar-refractivity contribution in [1.29, 1.82) is 0 Å². The van der Waals surface area contributed by atoms with Crippen molar-refractivity contribution in [3.63, 3.8) is 0 Å². The number of hydrogen-bond donors (Lipinski definition) is 3. The molecule has 132 valence electrons. The summed E-state index contributed by atoms with van der Waals surface area (Å²) < 4.78 is 18.5. The molecule has 2 aromatic rings. The normalized spacial score (nSPS) is 11.5. The molecule has 0 aliphatic heterocycles. The van der Waals surface area contributed by atoms with Gasteiger partial charge in [0, 0.05) is 17.3 Å². The van der Waals surface area contributed by atoms with Crippen LogP contribution in [0, 0.1) is 5.82 Å². The Hall–Kier alpha value is -2.93. The van der Waals surface area contributed by atoms with Crippen molar-refractivity contribution in [2.24, 2.45) is 0 Å². The lowest BCUT2D eigenvalue weighted by molar-refractivity contribution is -0.118. The number of anilines is 1. The maximum absolute atomic E-state index is 13.4. The molecule has 0 radical (unpaired) electrons. The van der Waals surface area contributed by atoms with E-state index in [1.165, 1.54) is 18.2 Å². The predicted molar refractivity (Wildman–Crippen MR) is 91.0 cm³/mol. The second-order valence-electron chi connectivity index (χ2n) is 5.40. The molecule has 0 bridgehead atoms. The first kappa shape index (κ1) is 18.4. The molecular formula is C18H19FN2O4. The second kappa shape index (κ2) is 8.79. The van der Waals surface area contributed by atoms with Gasteiger partial charge in [-0.2, -0.15) is 0 Å². The maximum atomic E-state index is 13.4. The quantitative estimate of drug-likeness (QED) is 0.715. The topological polar surface area (TPSA) is 87.7 Å². The minimum atomic E-state index is -0.539. The Bertz CT molecular complexity index is 734. The summed E-state index contributed by atoms with van der Waals surface area (Å²) in [7, 11) is 0. The van der Waals surface area contributed by atoms with Crippen molar-refractivity contribution >= 4 is 17.5 Å². The largest absolute Gasteiger partial charge is 0.481 e. The minimum Gasteiger partial charge on any atom is -0.481 e. The highest BCUT2D eigenvalue weighted by atomic mass is 19.1. The third-order valence-corrected chi connectivity index (χ3v) is 3.28. The van der Waals surface area contributed by atoms with Gasteiger partial charge in [-0.25, -0.2) is 4.39 Å². The van der Waals surface area contributed by atoms with Crippen LogP contribution in [0.25, 0.3) is 0 Å². The molecule has 1 atom stereocenters. The number of carbonyl (C=O) groups excluding carboxylic acids is 2. The van der Waals surface area contributed by atoms with Gasteiger partial charge in [0.25, 0.3) is 11.8 Å². The Morgan fingerprint density at radius 1 is 1.16 bits per heavy atom. The fraction of sp³-hybridized carbons (Fsp3) is 0.222. The standard InChI is InChI=1S/C18H19FN2O4/c1-12(10-22)20-18(24)13-6-8-14(9-7-13)21-17(23)11-25-16-5-3-2-4-15(16)19/h2-9,12,22H,10-11H2,1H3,(H,20,24)(H,21,23)/t12-/m1/s1. The third-order valence-electron chi connectivity index (χ3n) is 3.28. The summed E-state index contributed by atoms with van der Waals surface area (Å²) in [6.45, 7) is 1.20. The zero-order valence-electron chi connectivity index (χ0n) is 13.7. The van der Waals surface area contributed by atoms with E-state index in [-0.39, 0.29) is 30.9 Å². The highest BCUT2D eigenvalue weighted by molar-refractivity contribution is 5.96. The van der Waals surface area contributed by atoms with E-state index in [2.05, 4.69) is 10.6 Å². The van der Waals surface area contributed by atoms with Crippen molar-refractivity contribution < 1.29 is 23.8 Å². The number of aliphatic hydroxyl groups is 1. The molecule has 25 heavy (non-hydrogen) atoms. The first-order valence-corrected chi connectivity index (χ1v) is 7.68. The zero-order chi connectivity index (χ0) is 18.2. The molecule has 0 saturated carbocycles. The van der Waals surface area contributed by atoms with Crippen LogP contribution in [-0.4, -0.2) is 36.2 Å². The molecule has 2 amide bonds. The monoisotopic (exact) mass is 346 g/mol. The lowest BCUT2D eigenvalue weighted by Crippen LogP contribution is -2.34. The van der Waals surface area contributed by atoms with Crippen LogP contribution in [0.5, 0.6) is 5.75 Å². The van der Waals surface area contributed by atoms with E-state index in [0.29, 0.717) is 11.3 Å². The van der Waals surface area contributed by atoms with Crippen LogP contribution in [0.15, 0.2) is 48.5 Å². The third kappa shape index (κ3) is 5.58. The van der Waals surface area contributed by atoms with Crippen LogP contribution in [0.4, 0.5) is 10.1 Å². The molecule has 0 aromatic heterocycles. The van der Waals surface area contributed by atoms with Gasteiger partial charge in [0.15, 0.2) is 18.2 Å². The summed E-state index contributed by atoms with van der Waals surface area (Å²) in [6.07, 6.45) is 0. The Labute approximate surface area is 144 Å². The van der Waals surface area contributed by atoms with E-state index in [9.17, 15) is 14.0 Å². The van der Waals surface area contributed by atoms with Crippen molar-refractivity contribution in [1.82, 2.24) is 5.32 Å². The first-order chi connectivity index (χ1) is 12.0. The van der Waals surface area contributed by atoms with Gasteiger partial charge < -0.3 is 20.5 Å². The number of carbonyl (C=O) groups is 2. The van der Waals surface area contributed by atoms with Crippen molar-refractivity contribution in [2.45, 2.75) is 13.0 Å². The number of halogens is 1. The lowest BCUT2D eigenvalue weighted by Gasteiger charge is -2.11. The molecule has 0 aliphatic carbocycles. The molecule has 0 aliphatic rings. The number of nitrogens with one attached hydrogen (secondary N) is 2. The van der Waals surface area contributed by atoms with Gasteiger partial charge in [-0.05, 0) is 43.3 Å². The van der Waals surface area contributed by atoms with E-state index in [1.807, 2.05) is 0 Å². The molecular weight excluding hydrogens is 327 g/mol. The lowest BCUT2D eigenvalue weighted by atomic mass is 10.2. The highest BCUT2D eigenvalue weighted by Gasteiger charge is 2.10. The summed E-state index contributed by atoms with van der Waals surface area (Å²) in [5, 5.41) is 14.1. The fourth-order valence-electron chi connectivity index (χ4n) is 1.96. The van der Waals surface area contributed by atoms with Gasteiger partial charge in [-0.1, -0.05) is 12.1 Å². The molecule has 0 spiro atoms. The van der Waals surface area contributed by atoms with Gasteiger partial charge >= 0.3 is 0 Å². The summed E-state index contributed by atoms with van der Waals surface area (Å²) >= 11 is 0. The Kier molecular flexibility index (Phi) is 6.47. The Balaban J connectivity index is 1.87. The summed E-state index contributed by atoms with van der Waals surface area (Å²) in [5.41, 5.74) is 0.884. The van der Waals surface area contributed by atoms with Crippen LogP contribution >= 0.6 is 0 Å². The van der Waals surface area contributed by atoms with Crippen LogP contribution in [-0.2, 0) is 4.79 Å². The molecule has 6 nitrogen and oxygen atoms in total. The first-order valence-electron chi connectivity index (χ1n) is 7.68. The molecule has 0 unspecified atom stereocenters. The smallest absolute Gasteiger partial charge is 0.262 e. The molecule has 0 saturated heterocycles. The highest BCUT2D eigenvalue weighted by Crippen LogP contribution is 2.15. The van der Waals surface area contributed by atoms with Gasteiger partial charge in [-0.3, -0.25) is 9.59 Å². The molecule has 2 rings (SSSR count). The molecule has 2 aromatic carbocycles. The van der Waals surface area contributed by atoms with E-state index >= 15 is 0 Å². The number of ether oxygens (including phenoxy) is 1. The van der Waals surface area contributed by atoms with Gasteiger partial charge in [0.05, 0.1) is 6.61 Å². The molecule has 7 heteroatoms. The summed E-state index contributed by atoms with van der Waals surface area (Å²) in [5.74, 6) is -1.30. The predicted octanol–water partition coefficient (Wildman–Crippen LogP) is 1.95. The van der Waals surface area contributed by atoms with Crippen LogP contribution < -0.4 is 15.4 Å². The van der Waals surface area contributed by atoms with Crippen LogP contribution in [0.3, 0.4) is 0 Å². The van der Waals surface area contributed by atoms with E-state index in [0.717, 1.165) is 0 Å². The van der Waals surface area contributed by atoms with Crippen LogP contribution in [0.1, 0.15) is 17.3 Å². The number of aliphatic hydroxyl groups excluding tert-OH is 1. The number of benzene rings is 2. The zero-order valence-corrected chi connectivity index (χ0v) is 13.7. The maximum Gasteiger partial charge on any atom is 0.262 e. The fourth-order valence-corrected chi connectivity index (χ4v) is 1.96. The van der Waals surface area contributed by atoms with Gasteiger partial charge in [-0.15, -0.1) is 0 Å². The number of rotatable bonds is 7. The Morgan fingerprint density at radius 3 is 2.48 bits per heavy atom. The van der Waals surface area contributed by atoms with Gasteiger partial charge in [0.2, 0.25) is 0 Å². The SMILES string of the molecule is C[C@H](CO)NC(=O)c1ccc(NC(=O)COc2ccccc2F)cc1. The van der Waals surface area contributed by atoms with Crippen molar-refractivity contribution in [2.75, 3.05) is 18.5 Å². The number of para-hydroxylation sites is 1. The molecule has 0 heterocycles. The number of amides is 2. The van der Waals surface area contributed by atoms with Crippen molar-refractivity contribution in [3.8, 4) is 5.75 Å². The minimum absolute atomic E-state index is 0.00247. The molecule has 3 N–H and O–H groups in total. The summed E-state index contributed by atoms with van der Waals surface area (Å²) in [4.78, 5) is 23.7. The van der Waals surface area contributed by atoms with Gasteiger partial charge in [0.1, 0.15) is 0 Å². The van der Waals surface area contributed by atoms with E-state index < -0.39 is 11.7 Å². The van der Waals surface area contributed by atoms with Crippen molar-refractivity contribution in [3.05, 3.63) is 59.9 Å². The molecule has 0 fully saturated rings. The average Bonchev–Trinajstić information content (AvgIpc) is 2.61. The summed E-state index contributed by atoms with van der Waals surface area (Å²) in [6, 6.07) is 11.7. The van der Waals surface area contributed by atoms with E-state index in [4.69, 9.17) is 9.84 Å². The Morgan fingerprint density at radius 2 is 1.84 bits per heavy atom. The average molecular weight is 346 g/mol. The van der Waals surface area contributed by atoms with Crippen LogP contribution in [0.2, 0.25) is 0 Å².